The number of rotatable bonds is 2. The van der Waals surface area contributed by atoms with Crippen molar-refractivity contribution in [1.29, 1.82) is 0 Å². The Bertz CT molecular complexity index is 479. The van der Waals surface area contributed by atoms with Gasteiger partial charge in [-0.1, -0.05) is 11.2 Å². The summed E-state index contributed by atoms with van der Waals surface area (Å²) in [5, 5.41) is 3.75. The van der Waals surface area contributed by atoms with Crippen LogP contribution in [-0.2, 0) is 6.54 Å². The minimum Gasteiger partial charge on any atom is -0.359 e. The summed E-state index contributed by atoms with van der Waals surface area (Å²) in [4.78, 5) is 0. The number of aryl methyl sites for hydroxylation is 1. The number of aromatic nitrogens is 1. The molecular formula is C11H11FN2O. The standard InChI is InChI=1S/C11H11FN2O/c1-7-2-3-9(10(12)4-7)11-5-8(6-13)15-14-11/h2-5H,6,13H2,1H3. The van der Waals surface area contributed by atoms with Crippen LogP contribution in [0, 0.1) is 12.7 Å². The van der Waals surface area contributed by atoms with Gasteiger partial charge in [0, 0.05) is 11.6 Å². The van der Waals surface area contributed by atoms with Crippen LogP contribution in [-0.4, -0.2) is 5.16 Å². The Morgan fingerprint density at radius 3 is 2.80 bits per heavy atom. The lowest BCUT2D eigenvalue weighted by Crippen LogP contribution is -1.92. The molecule has 0 unspecified atom stereocenters. The summed E-state index contributed by atoms with van der Waals surface area (Å²) < 4.78 is 18.4. The second kappa shape index (κ2) is 3.82. The van der Waals surface area contributed by atoms with Crippen molar-refractivity contribution in [3.63, 3.8) is 0 Å². The van der Waals surface area contributed by atoms with Crippen molar-refractivity contribution in [1.82, 2.24) is 5.16 Å². The molecule has 0 aliphatic rings. The molecule has 1 aromatic heterocycles. The number of hydrogen-bond acceptors (Lipinski definition) is 3. The monoisotopic (exact) mass is 206 g/mol. The van der Waals surface area contributed by atoms with Crippen LogP contribution in [0.4, 0.5) is 4.39 Å². The van der Waals surface area contributed by atoms with E-state index in [9.17, 15) is 4.39 Å². The number of benzene rings is 1. The highest BCUT2D eigenvalue weighted by Crippen LogP contribution is 2.22. The van der Waals surface area contributed by atoms with Gasteiger partial charge in [-0.3, -0.25) is 0 Å². The fourth-order valence-corrected chi connectivity index (χ4v) is 1.36. The Labute approximate surface area is 86.7 Å². The van der Waals surface area contributed by atoms with Gasteiger partial charge in [0.25, 0.3) is 0 Å². The van der Waals surface area contributed by atoms with Crippen LogP contribution < -0.4 is 5.73 Å². The predicted octanol–water partition coefficient (Wildman–Crippen LogP) is 2.25. The first-order valence-corrected chi connectivity index (χ1v) is 4.63. The average molecular weight is 206 g/mol. The molecule has 1 aromatic carbocycles. The molecule has 0 aliphatic carbocycles. The predicted molar refractivity (Wildman–Crippen MR) is 54.5 cm³/mol. The third-order valence-corrected chi connectivity index (χ3v) is 2.16. The van der Waals surface area contributed by atoms with Crippen LogP contribution in [0.3, 0.4) is 0 Å². The first kappa shape index (κ1) is 9.86. The maximum absolute atomic E-state index is 13.5. The first-order valence-electron chi connectivity index (χ1n) is 4.63. The van der Waals surface area contributed by atoms with Crippen molar-refractivity contribution < 1.29 is 8.91 Å². The molecule has 2 rings (SSSR count). The van der Waals surface area contributed by atoms with Crippen LogP contribution in [0.25, 0.3) is 11.3 Å². The van der Waals surface area contributed by atoms with E-state index in [4.69, 9.17) is 10.3 Å². The van der Waals surface area contributed by atoms with Gasteiger partial charge in [-0.2, -0.15) is 0 Å². The molecule has 0 bridgehead atoms. The second-order valence-corrected chi connectivity index (χ2v) is 3.37. The van der Waals surface area contributed by atoms with Gasteiger partial charge in [-0.15, -0.1) is 0 Å². The normalized spacial score (nSPS) is 10.6. The molecule has 0 saturated carbocycles. The van der Waals surface area contributed by atoms with Gasteiger partial charge in [0.15, 0.2) is 5.76 Å². The SMILES string of the molecule is Cc1ccc(-c2cc(CN)on2)c(F)c1. The van der Waals surface area contributed by atoms with Gasteiger partial charge in [0.1, 0.15) is 11.5 Å². The van der Waals surface area contributed by atoms with Crippen LogP contribution in [0.2, 0.25) is 0 Å². The van der Waals surface area contributed by atoms with Gasteiger partial charge < -0.3 is 10.3 Å². The largest absolute Gasteiger partial charge is 0.359 e. The van der Waals surface area contributed by atoms with Gasteiger partial charge in [-0.05, 0) is 24.6 Å². The van der Waals surface area contributed by atoms with Crippen molar-refractivity contribution in [2.24, 2.45) is 5.73 Å². The van der Waals surface area contributed by atoms with Crippen molar-refractivity contribution in [3.05, 3.63) is 41.4 Å². The summed E-state index contributed by atoms with van der Waals surface area (Å²) in [5.41, 5.74) is 7.16. The summed E-state index contributed by atoms with van der Waals surface area (Å²) in [5.74, 6) is 0.247. The van der Waals surface area contributed by atoms with Crippen LogP contribution >= 0.6 is 0 Å². The van der Waals surface area contributed by atoms with Gasteiger partial charge in [0.2, 0.25) is 0 Å². The molecule has 0 amide bonds. The van der Waals surface area contributed by atoms with Gasteiger partial charge in [0.05, 0.1) is 6.54 Å². The summed E-state index contributed by atoms with van der Waals surface area (Å²) in [6.45, 7) is 2.10. The van der Waals surface area contributed by atoms with E-state index in [1.165, 1.54) is 6.07 Å². The van der Waals surface area contributed by atoms with Crippen molar-refractivity contribution in [2.75, 3.05) is 0 Å². The Kier molecular flexibility index (Phi) is 2.51. The van der Waals surface area contributed by atoms with Crippen molar-refractivity contribution in [3.8, 4) is 11.3 Å². The van der Waals surface area contributed by atoms with Crippen LogP contribution in [0.15, 0.2) is 28.8 Å². The third-order valence-electron chi connectivity index (χ3n) is 2.16. The maximum Gasteiger partial charge on any atom is 0.150 e. The van der Waals surface area contributed by atoms with E-state index in [2.05, 4.69) is 5.16 Å². The Morgan fingerprint density at radius 1 is 1.40 bits per heavy atom. The lowest BCUT2D eigenvalue weighted by molar-refractivity contribution is 0.386. The Balaban J connectivity index is 2.44. The highest BCUT2D eigenvalue weighted by molar-refractivity contribution is 5.60. The number of nitrogens with zero attached hydrogens (tertiary/aromatic N) is 1. The highest BCUT2D eigenvalue weighted by atomic mass is 19.1. The molecule has 0 saturated heterocycles. The molecule has 1 heterocycles. The minimum atomic E-state index is -0.299. The smallest absolute Gasteiger partial charge is 0.150 e. The summed E-state index contributed by atoms with van der Waals surface area (Å²) >= 11 is 0. The fourth-order valence-electron chi connectivity index (χ4n) is 1.36. The zero-order valence-electron chi connectivity index (χ0n) is 8.33. The molecule has 2 aromatic rings. The molecule has 3 nitrogen and oxygen atoms in total. The zero-order valence-corrected chi connectivity index (χ0v) is 8.33. The summed E-state index contributed by atoms with van der Waals surface area (Å²) in [7, 11) is 0. The lowest BCUT2D eigenvalue weighted by Gasteiger charge is -1.98. The molecule has 0 fully saturated rings. The molecule has 15 heavy (non-hydrogen) atoms. The molecular weight excluding hydrogens is 195 g/mol. The lowest BCUT2D eigenvalue weighted by atomic mass is 10.1. The van der Waals surface area contributed by atoms with E-state index in [0.29, 0.717) is 17.0 Å². The molecule has 4 heteroatoms. The van der Waals surface area contributed by atoms with Crippen LogP contribution in [0.1, 0.15) is 11.3 Å². The molecule has 2 N–H and O–H groups in total. The minimum absolute atomic E-state index is 0.264. The second-order valence-electron chi connectivity index (χ2n) is 3.37. The fraction of sp³-hybridized carbons (Fsp3) is 0.182. The number of halogens is 1. The summed E-state index contributed by atoms with van der Waals surface area (Å²) in [6.07, 6.45) is 0. The molecule has 0 spiro atoms. The third kappa shape index (κ3) is 1.89. The summed E-state index contributed by atoms with van der Waals surface area (Å²) in [6, 6.07) is 6.62. The number of nitrogens with two attached hydrogens (primary N) is 1. The molecule has 0 radical (unpaired) electrons. The van der Waals surface area contributed by atoms with E-state index in [1.54, 1.807) is 12.1 Å². The van der Waals surface area contributed by atoms with Crippen molar-refractivity contribution >= 4 is 0 Å². The van der Waals surface area contributed by atoms with E-state index in [0.717, 1.165) is 5.56 Å². The quantitative estimate of drug-likeness (QED) is 0.819. The first-order chi connectivity index (χ1) is 7.20. The maximum atomic E-state index is 13.5. The molecule has 78 valence electrons. The van der Waals surface area contributed by atoms with Crippen molar-refractivity contribution in [2.45, 2.75) is 13.5 Å². The van der Waals surface area contributed by atoms with E-state index < -0.39 is 0 Å². The van der Waals surface area contributed by atoms with E-state index >= 15 is 0 Å². The topological polar surface area (TPSA) is 52.0 Å². The molecule has 0 atom stereocenters. The van der Waals surface area contributed by atoms with Crippen LogP contribution in [0.5, 0.6) is 0 Å². The highest BCUT2D eigenvalue weighted by Gasteiger charge is 2.09. The molecule has 0 aliphatic heterocycles. The Morgan fingerprint density at radius 2 is 2.20 bits per heavy atom. The van der Waals surface area contributed by atoms with E-state index in [1.807, 2.05) is 13.0 Å². The zero-order chi connectivity index (χ0) is 10.8. The average Bonchev–Trinajstić information content (AvgIpc) is 2.66. The van der Waals surface area contributed by atoms with Gasteiger partial charge >= 0.3 is 0 Å². The van der Waals surface area contributed by atoms with E-state index in [-0.39, 0.29) is 12.4 Å². The number of hydrogen-bond donors (Lipinski definition) is 1. The van der Waals surface area contributed by atoms with Gasteiger partial charge in [-0.25, -0.2) is 4.39 Å². The Hall–Kier alpha value is -1.68.